The molecule has 7 heteroatoms. The molecule has 1 aliphatic rings. The van der Waals surface area contributed by atoms with Crippen LogP contribution in [0.5, 0.6) is 0 Å². The lowest BCUT2D eigenvalue weighted by Crippen LogP contribution is -2.40. The highest BCUT2D eigenvalue weighted by atomic mass is 32.2. The van der Waals surface area contributed by atoms with Crippen LogP contribution in [0.15, 0.2) is 47.4 Å². The minimum absolute atomic E-state index is 0.0126. The van der Waals surface area contributed by atoms with Gasteiger partial charge in [-0.3, -0.25) is 9.59 Å². The highest BCUT2D eigenvalue weighted by molar-refractivity contribution is 7.98. The van der Waals surface area contributed by atoms with Crippen LogP contribution in [0, 0.1) is 0 Å². The van der Waals surface area contributed by atoms with Crippen molar-refractivity contribution in [2.75, 3.05) is 50.7 Å². The van der Waals surface area contributed by atoms with Gasteiger partial charge in [-0.25, -0.2) is 0 Å². The topological polar surface area (TPSA) is 64.7 Å². The van der Waals surface area contributed by atoms with E-state index in [2.05, 4.69) is 45.7 Å². The van der Waals surface area contributed by atoms with Gasteiger partial charge in [0.15, 0.2) is 0 Å². The minimum atomic E-state index is -0.653. The maximum Gasteiger partial charge on any atom is 0.313 e. The summed E-state index contributed by atoms with van der Waals surface area (Å²) in [5, 5.41) is 5.49. The fourth-order valence-corrected chi connectivity index (χ4v) is 4.14. The van der Waals surface area contributed by atoms with Gasteiger partial charge < -0.3 is 20.4 Å². The monoisotopic (exact) mass is 412 g/mol. The van der Waals surface area contributed by atoms with Gasteiger partial charge in [-0.2, -0.15) is 0 Å². The Labute approximate surface area is 176 Å². The largest absolute Gasteiger partial charge is 0.374 e. The predicted octanol–water partition coefficient (Wildman–Crippen LogP) is 2.76. The van der Waals surface area contributed by atoms with E-state index in [1.165, 1.54) is 23.0 Å². The van der Waals surface area contributed by atoms with E-state index in [4.69, 9.17) is 0 Å². The first-order chi connectivity index (χ1) is 13.9. The molecule has 2 N–H and O–H groups in total. The van der Waals surface area contributed by atoms with E-state index in [0.717, 1.165) is 23.4 Å². The number of amides is 2. The van der Waals surface area contributed by atoms with Gasteiger partial charge in [0.25, 0.3) is 0 Å². The summed E-state index contributed by atoms with van der Waals surface area (Å²) in [6.45, 7) is 1.39. The van der Waals surface area contributed by atoms with E-state index >= 15 is 0 Å². The summed E-state index contributed by atoms with van der Waals surface area (Å²) in [5.74, 6) is -1.28. The number of hydrogen-bond donors (Lipinski definition) is 2. The summed E-state index contributed by atoms with van der Waals surface area (Å²) >= 11 is 1.52. The molecule has 6 nitrogen and oxygen atoms in total. The van der Waals surface area contributed by atoms with Gasteiger partial charge in [0.1, 0.15) is 0 Å². The van der Waals surface area contributed by atoms with Gasteiger partial charge in [-0.05, 0) is 56.1 Å². The Balaban J connectivity index is 1.64. The second-order valence-corrected chi connectivity index (χ2v) is 8.25. The van der Waals surface area contributed by atoms with E-state index in [9.17, 15) is 9.59 Å². The zero-order valence-corrected chi connectivity index (χ0v) is 18.2. The molecule has 29 heavy (non-hydrogen) atoms. The van der Waals surface area contributed by atoms with Crippen LogP contribution >= 0.6 is 11.8 Å². The zero-order valence-electron chi connectivity index (χ0n) is 17.4. The molecule has 1 atom stereocenters. The van der Waals surface area contributed by atoms with Crippen LogP contribution < -0.4 is 15.5 Å². The zero-order chi connectivity index (χ0) is 21.0. The molecule has 0 aromatic heterocycles. The number of anilines is 2. The van der Waals surface area contributed by atoms with Crippen LogP contribution in [-0.4, -0.2) is 57.2 Å². The summed E-state index contributed by atoms with van der Waals surface area (Å²) in [6.07, 6.45) is 2.96. The molecule has 2 aromatic carbocycles. The van der Waals surface area contributed by atoms with Crippen LogP contribution in [0.2, 0.25) is 0 Å². The SMILES string of the molecule is CSc1ccccc1NC(=O)C(=O)NCC(c1ccc2c(c1)CCN2C)N(C)C. The lowest BCUT2D eigenvalue weighted by molar-refractivity contribution is -0.136. The molecule has 0 saturated heterocycles. The lowest BCUT2D eigenvalue weighted by Gasteiger charge is -2.26. The lowest BCUT2D eigenvalue weighted by atomic mass is 10.0. The van der Waals surface area contributed by atoms with Gasteiger partial charge >= 0.3 is 11.8 Å². The minimum Gasteiger partial charge on any atom is -0.374 e. The van der Waals surface area contributed by atoms with Crippen LogP contribution in [-0.2, 0) is 16.0 Å². The van der Waals surface area contributed by atoms with Crippen LogP contribution in [0.1, 0.15) is 17.2 Å². The van der Waals surface area contributed by atoms with E-state index in [-0.39, 0.29) is 6.04 Å². The van der Waals surface area contributed by atoms with E-state index in [1.807, 2.05) is 38.6 Å². The molecule has 0 radical (unpaired) electrons. The van der Waals surface area contributed by atoms with Gasteiger partial charge in [0.2, 0.25) is 0 Å². The van der Waals surface area contributed by atoms with Crippen molar-refractivity contribution in [1.29, 1.82) is 0 Å². The number of likely N-dealkylation sites (N-methyl/N-ethyl adjacent to an activating group) is 2. The number of thioether (sulfide) groups is 1. The Bertz CT molecular complexity index is 900. The molecule has 3 rings (SSSR count). The molecule has 0 spiro atoms. The second kappa shape index (κ2) is 9.33. The molecule has 1 aliphatic heterocycles. The number of carbonyl (C=O) groups is 2. The first kappa shape index (κ1) is 21.2. The Morgan fingerprint density at radius 1 is 1.17 bits per heavy atom. The van der Waals surface area contributed by atoms with Gasteiger partial charge in [0, 0.05) is 30.7 Å². The Morgan fingerprint density at radius 2 is 1.93 bits per heavy atom. The molecule has 2 aromatic rings. The summed E-state index contributed by atoms with van der Waals surface area (Å²) in [4.78, 5) is 29.9. The maximum absolute atomic E-state index is 12.4. The third-order valence-corrected chi connectivity index (χ3v) is 6.05. The van der Waals surface area contributed by atoms with Crippen molar-refractivity contribution in [3.05, 3.63) is 53.6 Å². The third kappa shape index (κ3) is 4.92. The summed E-state index contributed by atoms with van der Waals surface area (Å²) < 4.78 is 0. The smallest absolute Gasteiger partial charge is 0.313 e. The van der Waals surface area contributed by atoms with Crippen molar-refractivity contribution in [3.63, 3.8) is 0 Å². The van der Waals surface area contributed by atoms with Crippen LogP contribution in [0.25, 0.3) is 0 Å². The molecule has 154 valence electrons. The molecule has 0 bridgehead atoms. The number of hydrogen-bond acceptors (Lipinski definition) is 5. The van der Waals surface area contributed by atoms with Crippen LogP contribution in [0.3, 0.4) is 0 Å². The second-order valence-electron chi connectivity index (χ2n) is 7.40. The quantitative estimate of drug-likeness (QED) is 0.564. The molecule has 0 saturated carbocycles. The molecule has 1 unspecified atom stereocenters. The fraction of sp³-hybridized carbons (Fsp3) is 0.364. The van der Waals surface area contributed by atoms with Crippen molar-refractivity contribution in [2.24, 2.45) is 0 Å². The molecular formula is C22H28N4O2S. The van der Waals surface area contributed by atoms with Gasteiger partial charge in [-0.15, -0.1) is 11.8 Å². The average molecular weight is 413 g/mol. The number of nitrogens with one attached hydrogen (secondary N) is 2. The van der Waals surface area contributed by atoms with Gasteiger partial charge in [-0.1, -0.05) is 24.3 Å². The first-order valence-corrected chi connectivity index (χ1v) is 10.9. The summed E-state index contributed by atoms with van der Waals surface area (Å²) in [6, 6.07) is 13.9. The number of fused-ring (bicyclic) bond motifs is 1. The third-order valence-electron chi connectivity index (χ3n) is 5.26. The Hall–Kier alpha value is -2.51. The summed E-state index contributed by atoms with van der Waals surface area (Å²) in [7, 11) is 6.05. The average Bonchev–Trinajstić information content (AvgIpc) is 3.08. The first-order valence-electron chi connectivity index (χ1n) is 9.63. The van der Waals surface area contributed by atoms with E-state index in [0.29, 0.717) is 12.2 Å². The van der Waals surface area contributed by atoms with Crippen molar-refractivity contribution in [2.45, 2.75) is 17.4 Å². The Kier molecular flexibility index (Phi) is 6.82. The number of rotatable bonds is 6. The number of carbonyl (C=O) groups excluding carboxylic acids is 2. The van der Waals surface area contributed by atoms with Gasteiger partial charge in [0.05, 0.1) is 11.7 Å². The van der Waals surface area contributed by atoms with Crippen LogP contribution in [0.4, 0.5) is 11.4 Å². The predicted molar refractivity (Wildman–Crippen MR) is 120 cm³/mol. The van der Waals surface area contributed by atoms with Crippen molar-refractivity contribution < 1.29 is 9.59 Å². The van der Waals surface area contributed by atoms with E-state index in [1.54, 1.807) is 6.07 Å². The fourth-order valence-electron chi connectivity index (χ4n) is 3.59. The highest BCUT2D eigenvalue weighted by Crippen LogP contribution is 2.30. The van der Waals surface area contributed by atoms with Crippen molar-refractivity contribution >= 4 is 35.0 Å². The van der Waals surface area contributed by atoms with E-state index < -0.39 is 11.8 Å². The molecule has 0 fully saturated rings. The number of nitrogens with zero attached hydrogens (tertiary/aromatic N) is 2. The standard InChI is InChI=1S/C22H28N4O2S/c1-25(2)19(15-9-10-18-16(13-15)11-12-26(18)3)14-23-21(27)22(28)24-17-7-5-6-8-20(17)29-4/h5-10,13,19H,11-12,14H2,1-4H3,(H,23,27)(H,24,28). The Morgan fingerprint density at radius 3 is 2.66 bits per heavy atom. The van der Waals surface area contributed by atoms with Crippen molar-refractivity contribution in [3.8, 4) is 0 Å². The molecule has 0 aliphatic carbocycles. The highest BCUT2D eigenvalue weighted by Gasteiger charge is 2.22. The molecule has 2 amide bonds. The maximum atomic E-state index is 12.4. The number of para-hydroxylation sites is 1. The number of benzene rings is 2. The van der Waals surface area contributed by atoms with Crippen molar-refractivity contribution in [1.82, 2.24) is 10.2 Å². The summed E-state index contributed by atoms with van der Waals surface area (Å²) in [5.41, 5.74) is 4.38. The normalized spacial score (nSPS) is 13.9. The molecular weight excluding hydrogens is 384 g/mol. The molecule has 1 heterocycles.